The summed E-state index contributed by atoms with van der Waals surface area (Å²) in [5, 5.41) is 9.18. The molecule has 1 aliphatic rings. The van der Waals surface area contributed by atoms with E-state index in [9.17, 15) is 13.9 Å². The summed E-state index contributed by atoms with van der Waals surface area (Å²) in [4.78, 5) is 0. The van der Waals surface area contributed by atoms with Gasteiger partial charge in [0, 0.05) is 0 Å². The third-order valence-electron chi connectivity index (χ3n) is 6.38. The van der Waals surface area contributed by atoms with Crippen molar-refractivity contribution in [2.75, 3.05) is 0 Å². The van der Waals surface area contributed by atoms with Crippen molar-refractivity contribution in [1.29, 1.82) is 0 Å². The fourth-order valence-electron chi connectivity index (χ4n) is 4.60. The molecule has 1 unspecified atom stereocenters. The Morgan fingerprint density at radius 1 is 0.962 bits per heavy atom. The van der Waals surface area contributed by atoms with Crippen LogP contribution in [0.2, 0.25) is 0 Å². The first-order valence-electron chi connectivity index (χ1n) is 10.7. The molecule has 0 amide bonds. The molecule has 1 aromatic rings. The lowest BCUT2D eigenvalue weighted by molar-refractivity contribution is 0.244. The fourth-order valence-corrected chi connectivity index (χ4v) is 4.60. The number of hydrogen-bond donors (Lipinski definition) is 1. The standard InChI is InChI=1S/C23H36F2O/c1-3-6-17(4-2)7-5-8-18-9-11-19(12-10-18)13-14-20-15-21(24)23(26)22(25)16-20/h15-19,26H,3-14H2,1-2H3/t17?,18-,19-. The molecule has 0 bridgehead atoms. The summed E-state index contributed by atoms with van der Waals surface area (Å²) in [5.41, 5.74) is 0.654. The number of phenolic OH excluding ortho intramolecular Hbond substituents is 1. The second kappa shape index (κ2) is 10.9. The predicted molar refractivity (Wildman–Crippen MR) is 104 cm³/mol. The normalized spacial score (nSPS) is 21.7. The number of aryl methyl sites for hydroxylation is 1. The number of halogens is 2. The molecule has 0 spiro atoms. The molecule has 0 aliphatic heterocycles. The van der Waals surface area contributed by atoms with Crippen LogP contribution in [-0.2, 0) is 6.42 Å². The number of phenols is 1. The minimum absolute atomic E-state index is 0.654. The summed E-state index contributed by atoms with van der Waals surface area (Å²) in [5.74, 6) is -0.0844. The first-order chi connectivity index (χ1) is 12.5. The van der Waals surface area contributed by atoms with Gasteiger partial charge in [-0.1, -0.05) is 78.1 Å². The molecule has 1 nitrogen and oxygen atoms in total. The summed E-state index contributed by atoms with van der Waals surface area (Å²) in [6.07, 6.45) is 15.0. The Morgan fingerprint density at radius 2 is 1.54 bits per heavy atom. The average Bonchev–Trinajstić information content (AvgIpc) is 2.64. The Morgan fingerprint density at radius 3 is 2.08 bits per heavy atom. The van der Waals surface area contributed by atoms with Gasteiger partial charge in [-0.25, -0.2) is 8.78 Å². The monoisotopic (exact) mass is 366 g/mol. The number of aromatic hydroxyl groups is 1. The van der Waals surface area contributed by atoms with Crippen LogP contribution < -0.4 is 0 Å². The molecule has 148 valence electrons. The van der Waals surface area contributed by atoms with Crippen LogP contribution in [0.1, 0.15) is 90.0 Å². The lowest BCUT2D eigenvalue weighted by atomic mass is 9.77. The van der Waals surface area contributed by atoms with Crippen molar-refractivity contribution in [2.45, 2.75) is 90.9 Å². The van der Waals surface area contributed by atoms with Gasteiger partial charge in [-0.3, -0.25) is 0 Å². The maximum Gasteiger partial charge on any atom is 0.187 e. The molecule has 2 rings (SSSR count). The summed E-state index contributed by atoms with van der Waals surface area (Å²) in [6, 6.07) is 2.54. The molecule has 1 fully saturated rings. The number of rotatable bonds is 10. The maximum absolute atomic E-state index is 13.4. The average molecular weight is 367 g/mol. The zero-order valence-corrected chi connectivity index (χ0v) is 16.6. The predicted octanol–water partition coefficient (Wildman–Crippen LogP) is 7.41. The molecule has 1 aromatic carbocycles. The maximum atomic E-state index is 13.4. The van der Waals surface area contributed by atoms with E-state index < -0.39 is 17.4 Å². The van der Waals surface area contributed by atoms with Crippen molar-refractivity contribution in [3.05, 3.63) is 29.3 Å². The van der Waals surface area contributed by atoms with E-state index in [4.69, 9.17) is 0 Å². The van der Waals surface area contributed by atoms with Crippen LogP contribution in [0, 0.1) is 29.4 Å². The zero-order valence-electron chi connectivity index (χ0n) is 16.6. The first kappa shape index (κ1) is 21.2. The van der Waals surface area contributed by atoms with Gasteiger partial charge in [0.2, 0.25) is 0 Å². The molecule has 0 radical (unpaired) electrons. The highest BCUT2D eigenvalue weighted by atomic mass is 19.1. The number of hydrogen-bond acceptors (Lipinski definition) is 1. The van der Waals surface area contributed by atoms with Crippen molar-refractivity contribution >= 4 is 0 Å². The van der Waals surface area contributed by atoms with Crippen LogP contribution in [0.5, 0.6) is 5.75 Å². The second-order valence-corrected chi connectivity index (χ2v) is 8.33. The highest BCUT2D eigenvalue weighted by Gasteiger charge is 2.21. The molecule has 0 heterocycles. The van der Waals surface area contributed by atoms with Crippen molar-refractivity contribution in [1.82, 2.24) is 0 Å². The third kappa shape index (κ3) is 6.55. The molecule has 0 aromatic heterocycles. The molecule has 1 aliphatic carbocycles. The van der Waals surface area contributed by atoms with Gasteiger partial charge in [-0.05, 0) is 48.3 Å². The smallest absolute Gasteiger partial charge is 0.187 e. The SMILES string of the molecule is CCCC(CC)CCC[C@H]1CC[C@H](CCc2cc(F)c(O)c(F)c2)CC1. The van der Waals surface area contributed by atoms with Crippen LogP contribution in [0.3, 0.4) is 0 Å². The summed E-state index contributed by atoms with van der Waals surface area (Å²) in [6.45, 7) is 4.60. The Labute approximate surface area is 158 Å². The zero-order chi connectivity index (χ0) is 18.9. The number of benzene rings is 1. The molecule has 0 saturated heterocycles. The fraction of sp³-hybridized carbons (Fsp3) is 0.739. The van der Waals surface area contributed by atoms with Gasteiger partial charge in [-0.2, -0.15) is 0 Å². The quantitative estimate of drug-likeness (QED) is 0.457. The van der Waals surface area contributed by atoms with E-state index in [1.54, 1.807) is 0 Å². The lowest BCUT2D eigenvalue weighted by Gasteiger charge is -2.29. The molecule has 1 N–H and O–H groups in total. The minimum Gasteiger partial charge on any atom is -0.503 e. The van der Waals surface area contributed by atoms with E-state index in [0.717, 1.165) is 18.3 Å². The van der Waals surface area contributed by atoms with Gasteiger partial charge in [-0.15, -0.1) is 0 Å². The Bertz CT molecular complexity index is 512. The summed E-state index contributed by atoms with van der Waals surface area (Å²) in [7, 11) is 0. The van der Waals surface area contributed by atoms with Gasteiger partial charge in [0.1, 0.15) is 0 Å². The summed E-state index contributed by atoms with van der Waals surface area (Å²) < 4.78 is 26.8. The lowest BCUT2D eigenvalue weighted by Crippen LogP contribution is -2.15. The molecular weight excluding hydrogens is 330 g/mol. The Balaban J connectivity index is 1.65. The van der Waals surface area contributed by atoms with Crippen LogP contribution in [0.15, 0.2) is 12.1 Å². The summed E-state index contributed by atoms with van der Waals surface area (Å²) >= 11 is 0. The van der Waals surface area contributed by atoms with Crippen molar-refractivity contribution in [3.63, 3.8) is 0 Å². The van der Waals surface area contributed by atoms with Crippen LogP contribution in [0.4, 0.5) is 8.78 Å². The van der Waals surface area contributed by atoms with Crippen molar-refractivity contribution in [2.24, 2.45) is 17.8 Å². The van der Waals surface area contributed by atoms with E-state index >= 15 is 0 Å². The van der Waals surface area contributed by atoms with Crippen molar-refractivity contribution < 1.29 is 13.9 Å². The Kier molecular flexibility index (Phi) is 8.87. The molecular formula is C23H36F2O. The van der Waals surface area contributed by atoms with Gasteiger partial charge in [0.25, 0.3) is 0 Å². The van der Waals surface area contributed by atoms with E-state index in [2.05, 4.69) is 13.8 Å². The third-order valence-corrected chi connectivity index (χ3v) is 6.38. The second-order valence-electron chi connectivity index (χ2n) is 8.33. The minimum atomic E-state index is -0.862. The van der Waals surface area contributed by atoms with Gasteiger partial charge in [0.05, 0.1) is 0 Å². The van der Waals surface area contributed by atoms with E-state index in [1.165, 1.54) is 76.3 Å². The highest BCUT2D eigenvalue weighted by Crippen LogP contribution is 2.35. The molecule has 26 heavy (non-hydrogen) atoms. The van der Waals surface area contributed by atoms with E-state index in [1.807, 2.05) is 0 Å². The highest BCUT2D eigenvalue weighted by molar-refractivity contribution is 5.30. The molecule has 1 saturated carbocycles. The van der Waals surface area contributed by atoms with Crippen molar-refractivity contribution in [3.8, 4) is 5.75 Å². The van der Waals surface area contributed by atoms with Gasteiger partial charge >= 0.3 is 0 Å². The van der Waals surface area contributed by atoms with Crippen LogP contribution in [0.25, 0.3) is 0 Å². The largest absolute Gasteiger partial charge is 0.503 e. The Hall–Kier alpha value is -1.12. The molecule has 3 heteroatoms. The van der Waals surface area contributed by atoms with Crippen LogP contribution >= 0.6 is 0 Å². The van der Waals surface area contributed by atoms with E-state index in [0.29, 0.717) is 17.9 Å². The molecule has 1 atom stereocenters. The first-order valence-corrected chi connectivity index (χ1v) is 10.7. The topological polar surface area (TPSA) is 20.2 Å². The van der Waals surface area contributed by atoms with Gasteiger partial charge < -0.3 is 5.11 Å². The van der Waals surface area contributed by atoms with E-state index in [-0.39, 0.29) is 0 Å². The van der Waals surface area contributed by atoms with Gasteiger partial charge in [0.15, 0.2) is 17.4 Å². The van der Waals surface area contributed by atoms with Crippen LogP contribution in [-0.4, -0.2) is 5.11 Å².